The van der Waals surface area contributed by atoms with Gasteiger partial charge in [0.25, 0.3) is 11.2 Å². The van der Waals surface area contributed by atoms with Crippen LogP contribution in [-0.2, 0) is 6.42 Å². The standard InChI is InChI=1S/C14H13N5O3S/c1-18(4-2-13-15-3-5-23-13)11-7-10-9(6-12(11)19(21)22)14(20)17-8-16-10/h3,5-8H,2,4H2,1H3,(H,16,17,20). The van der Waals surface area contributed by atoms with Gasteiger partial charge in [-0.25, -0.2) is 9.97 Å². The van der Waals surface area contributed by atoms with E-state index in [9.17, 15) is 14.9 Å². The monoisotopic (exact) mass is 331 g/mol. The SMILES string of the molecule is CN(CCc1nccs1)c1cc2nc[nH]c(=O)c2cc1[N+](=O)[O-]. The molecule has 2 heterocycles. The lowest BCUT2D eigenvalue weighted by Crippen LogP contribution is -2.21. The molecule has 0 unspecified atom stereocenters. The molecule has 0 saturated heterocycles. The molecule has 0 radical (unpaired) electrons. The maximum atomic E-state index is 11.8. The van der Waals surface area contributed by atoms with Crippen LogP contribution < -0.4 is 10.5 Å². The molecule has 0 aliphatic heterocycles. The summed E-state index contributed by atoms with van der Waals surface area (Å²) in [7, 11) is 1.77. The van der Waals surface area contributed by atoms with E-state index in [2.05, 4.69) is 15.0 Å². The summed E-state index contributed by atoms with van der Waals surface area (Å²) < 4.78 is 0. The van der Waals surface area contributed by atoms with Gasteiger partial charge in [0.2, 0.25) is 0 Å². The minimum atomic E-state index is -0.485. The summed E-state index contributed by atoms with van der Waals surface area (Å²) in [6, 6.07) is 2.85. The highest BCUT2D eigenvalue weighted by Gasteiger charge is 2.20. The molecule has 0 bridgehead atoms. The van der Waals surface area contributed by atoms with Crippen LogP contribution in [0.3, 0.4) is 0 Å². The molecule has 0 saturated carbocycles. The van der Waals surface area contributed by atoms with Gasteiger partial charge in [0.1, 0.15) is 5.69 Å². The molecule has 0 fully saturated rings. The van der Waals surface area contributed by atoms with E-state index >= 15 is 0 Å². The maximum Gasteiger partial charge on any atom is 0.293 e. The van der Waals surface area contributed by atoms with Crippen molar-refractivity contribution in [3.63, 3.8) is 0 Å². The van der Waals surface area contributed by atoms with Gasteiger partial charge >= 0.3 is 0 Å². The highest BCUT2D eigenvalue weighted by molar-refractivity contribution is 7.09. The van der Waals surface area contributed by atoms with Crippen molar-refractivity contribution in [2.45, 2.75) is 6.42 Å². The van der Waals surface area contributed by atoms with Crippen molar-refractivity contribution >= 4 is 33.6 Å². The Bertz CT molecular complexity index is 906. The number of hydrogen-bond acceptors (Lipinski definition) is 7. The fraction of sp³-hybridized carbons (Fsp3) is 0.214. The van der Waals surface area contributed by atoms with E-state index < -0.39 is 10.5 Å². The van der Waals surface area contributed by atoms with Gasteiger partial charge in [-0.2, -0.15) is 0 Å². The number of likely N-dealkylation sites (N-methyl/N-ethyl adjacent to an activating group) is 1. The number of aromatic amines is 1. The number of thiazole rings is 1. The predicted molar refractivity (Wildman–Crippen MR) is 88.1 cm³/mol. The van der Waals surface area contributed by atoms with Crippen LogP contribution in [0.15, 0.2) is 34.8 Å². The molecule has 8 nitrogen and oxygen atoms in total. The number of rotatable bonds is 5. The molecule has 1 N–H and O–H groups in total. The summed E-state index contributed by atoms with van der Waals surface area (Å²) >= 11 is 1.55. The number of aromatic nitrogens is 3. The topological polar surface area (TPSA) is 105 Å². The third kappa shape index (κ3) is 3.04. The largest absolute Gasteiger partial charge is 0.369 e. The summed E-state index contributed by atoms with van der Waals surface area (Å²) in [6.07, 6.45) is 3.71. The number of anilines is 1. The van der Waals surface area contributed by atoms with Crippen molar-refractivity contribution < 1.29 is 4.92 Å². The summed E-state index contributed by atoms with van der Waals surface area (Å²) in [4.78, 5) is 35.1. The molecule has 0 aliphatic rings. The van der Waals surface area contributed by atoms with E-state index in [1.807, 2.05) is 5.38 Å². The van der Waals surface area contributed by atoms with E-state index in [0.29, 0.717) is 24.2 Å². The lowest BCUT2D eigenvalue weighted by atomic mass is 10.1. The molecule has 0 atom stereocenters. The number of nitro groups is 1. The highest BCUT2D eigenvalue weighted by Crippen LogP contribution is 2.30. The first-order valence-corrected chi connectivity index (χ1v) is 7.69. The van der Waals surface area contributed by atoms with Crippen molar-refractivity contribution in [3.8, 4) is 0 Å². The van der Waals surface area contributed by atoms with Crippen molar-refractivity contribution in [2.24, 2.45) is 0 Å². The number of fused-ring (bicyclic) bond motifs is 1. The Morgan fingerprint density at radius 3 is 2.91 bits per heavy atom. The number of nitrogens with zero attached hydrogens (tertiary/aromatic N) is 4. The summed E-state index contributed by atoms with van der Waals surface area (Å²) in [5, 5.41) is 14.4. The van der Waals surface area contributed by atoms with Gasteiger partial charge in [-0.3, -0.25) is 14.9 Å². The third-order valence-electron chi connectivity index (χ3n) is 3.49. The minimum Gasteiger partial charge on any atom is -0.369 e. The van der Waals surface area contributed by atoms with Gasteiger partial charge in [0.05, 0.1) is 27.2 Å². The number of benzene rings is 1. The van der Waals surface area contributed by atoms with Gasteiger partial charge in [-0.1, -0.05) is 0 Å². The quantitative estimate of drug-likeness (QED) is 0.566. The van der Waals surface area contributed by atoms with E-state index in [1.54, 1.807) is 35.5 Å². The number of nitrogens with one attached hydrogen (secondary N) is 1. The fourth-order valence-corrected chi connectivity index (χ4v) is 2.91. The van der Waals surface area contributed by atoms with Crippen molar-refractivity contribution in [1.82, 2.24) is 15.0 Å². The number of nitro benzene ring substituents is 1. The minimum absolute atomic E-state index is 0.113. The summed E-state index contributed by atoms with van der Waals surface area (Å²) in [5.41, 5.74) is 0.348. The van der Waals surface area contributed by atoms with Crippen LogP contribution in [0.1, 0.15) is 5.01 Å². The highest BCUT2D eigenvalue weighted by atomic mass is 32.1. The van der Waals surface area contributed by atoms with E-state index in [0.717, 1.165) is 5.01 Å². The molecule has 3 rings (SSSR count). The first-order chi connectivity index (χ1) is 11.1. The van der Waals surface area contributed by atoms with E-state index in [-0.39, 0.29) is 11.1 Å². The van der Waals surface area contributed by atoms with E-state index in [1.165, 1.54) is 12.4 Å². The lowest BCUT2D eigenvalue weighted by Gasteiger charge is -2.18. The Labute approximate surface area is 134 Å². The van der Waals surface area contributed by atoms with E-state index in [4.69, 9.17) is 0 Å². The van der Waals surface area contributed by atoms with Gasteiger partial charge in [0, 0.05) is 37.7 Å². The van der Waals surface area contributed by atoms with Gasteiger partial charge in [-0.05, 0) is 6.07 Å². The molecule has 2 aromatic heterocycles. The van der Waals surface area contributed by atoms with Crippen molar-refractivity contribution in [3.05, 3.63) is 55.5 Å². The van der Waals surface area contributed by atoms with Crippen molar-refractivity contribution in [1.29, 1.82) is 0 Å². The van der Waals surface area contributed by atoms with Crippen LogP contribution in [0.4, 0.5) is 11.4 Å². The van der Waals surface area contributed by atoms with Crippen LogP contribution in [0.5, 0.6) is 0 Å². The zero-order valence-corrected chi connectivity index (χ0v) is 13.0. The fourth-order valence-electron chi connectivity index (χ4n) is 2.30. The Balaban J connectivity index is 1.99. The maximum absolute atomic E-state index is 11.8. The molecule has 0 spiro atoms. The van der Waals surface area contributed by atoms with Crippen LogP contribution in [0.25, 0.3) is 10.9 Å². The molecular weight excluding hydrogens is 318 g/mol. The van der Waals surface area contributed by atoms with Crippen LogP contribution >= 0.6 is 11.3 Å². The zero-order valence-electron chi connectivity index (χ0n) is 12.2. The average Bonchev–Trinajstić information content (AvgIpc) is 3.05. The van der Waals surface area contributed by atoms with Gasteiger partial charge < -0.3 is 9.88 Å². The smallest absolute Gasteiger partial charge is 0.293 e. The first-order valence-electron chi connectivity index (χ1n) is 6.81. The molecule has 0 amide bonds. The normalized spacial score (nSPS) is 10.8. The summed E-state index contributed by atoms with van der Waals surface area (Å²) in [6.45, 7) is 0.572. The molecule has 23 heavy (non-hydrogen) atoms. The zero-order chi connectivity index (χ0) is 16.4. The second-order valence-corrected chi connectivity index (χ2v) is 5.92. The van der Waals surface area contributed by atoms with Gasteiger partial charge in [-0.15, -0.1) is 11.3 Å². The second-order valence-electron chi connectivity index (χ2n) is 4.94. The molecule has 9 heteroatoms. The van der Waals surface area contributed by atoms with Gasteiger partial charge in [0.15, 0.2) is 0 Å². The Morgan fingerprint density at radius 1 is 1.39 bits per heavy atom. The molecule has 118 valence electrons. The number of H-pyrrole nitrogens is 1. The summed E-state index contributed by atoms with van der Waals surface area (Å²) in [5.74, 6) is 0. The molecule has 3 aromatic rings. The second kappa shape index (κ2) is 6.13. The first kappa shape index (κ1) is 15.1. The Kier molecular flexibility index (Phi) is 4.02. The Hall–Kier alpha value is -2.81. The third-order valence-corrected chi connectivity index (χ3v) is 4.33. The molecule has 1 aromatic carbocycles. The molecule has 0 aliphatic carbocycles. The van der Waals surface area contributed by atoms with Crippen LogP contribution in [0.2, 0.25) is 0 Å². The average molecular weight is 331 g/mol. The lowest BCUT2D eigenvalue weighted by molar-refractivity contribution is -0.384. The Morgan fingerprint density at radius 2 is 2.22 bits per heavy atom. The number of hydrogen-bond donors (Lipinski definition) is 1. The van der Waals surface area contributed by atoms with Crippen molar-refractivity contribution in [2.75, 3.05) is 18.5 Å². The van der Waals surface area contributed by atoms with Crippen LogP contribution in [0, 0.1) is 10.1 Å². The molecular formula is C14H13N5O3S. The predicted octanol–water partition coefficient (Wildman–Crippen LogP) is 1.97. The van der Waals surface area contributed by atoms with Crippen LogP contribution in [-0.4, -0.2) is 33.5 Å².